The SMILES string of the molecule is CN(C)CCCCNc1cc(Cl)c(F)cc1N. The van der Waals surface area contributed by atoms with E-state index in [2.05, 4.69) is 10.2 Å². The van der Waals surface area contributed by atoms with Crippen molar-refractivity contribution in [1.29, 1.82) is 0 Å². The summed E-state index contributed by atoms with van der Waals surface area (Å²) in [6, 6.07) is 2.77. The quantitative estimate of drug-likeness (QED) is 0.610. The van der Waals surface area contributed by atoms with Gasteiger partial charge in [-0.1, -0.05) is 11.6 Å². The minimum atomic E-state index is -0.484. The average Bonchev–Trinajstić information content (AvgIpc) is 2.24. The predicted octanol–water partition coefficient (Wildman–Crippen LogP) is 2.82. The molecule has 0 fully saturated rings. The molecule has 1 rings (SSSR count). The van der Waals surface area contributed by atoms with Crippen LogP contribution in [0.5, 0.6) is 0 Å². The van der Waals surface area contributed by atoms with Gasteiger partial charge in [0.15, 0.2) is 0 Å². The molecule has 5 heteroatoms. The summed E-state index contributed by atoms with van der Waals surface area (Å²) in [6.07, 6.45) is 2.14. The van der Waals surface area contributed by atoms with E-state index in [1.54, 1.807) is 0 Å². The fraction of sp³-hybridized carbons (Fsp3) is 0.500. The second-order valence-corrected chi connectivity index (χ2v) is 4.70. The molecular formula is C12H19ClFN3. The highest BCUT2D eigenvalue weighted by atomic mass is 35.5. The van der Waals surface area contributed by atoms with Gasteiger partial charge in [0.1, 0.15) is 5.82 Å². The summed E-state index contributed by atoms with van der Waals surface area (Å²) < 4.78 is 13.0. The largest absolute Gasteiger partial charge is 0.397 e. The van der Waals surface area contributed by atoms with Gasteiger partial charge in [-0.25, -0.2) is 4.39 Å². The second-order valence-electron chi connectivity index (χ2n) is 4.29. The van der Waals surface area contributed by atoms with Crippen molar-refractivity contribution in [1.82, 2.24) is 4.90 Å². The van der Waals surface area contributed by atoms with Crippen LogP contribution in [-0.4, -0.2) is 32.1 Å². The fourth-order valence-electron chi connectivity index (χ4n) is 1.49. The smallest absolute Gasteiger partial charge is 0.143 e. The highest BCUT2D eigenvalue weighted by Crippen LogP contribution is 2.26. The molecule has 0 radical (unpaired) electrons. The molecule has 1 aromatic carbocycles. The number of rotatable bonds is 6. The fourth-order valence-corrected chi connectivity index (χ4v) is 1.66. The average molecular weight is 260 g/mol. The molecule has 0 aromatic heterocycles. The molecule has 0 atom stereocenters. The predicted molar refractivity (Wildman–Crippen MR) is 72.1 cm³/mol. The third-order valence-electron chi connectivity index (χ3n) is 2.44. The van der Waals surface area contributed by atoms with E-state index >= 15 is 0 Å². The van der Waals surface area contributed by atoms with E-state index in [1.807, 2.05) is 14.1 Å². The standard InChI is InChI=1S/C12H19ClFN3/c1-17(2)6-4-3-5-16-12-7-9(13)10(14)8-11(12)15/h7-8,16H,3-6,15H2,1-2H3. The Labute approximate surface area is 107 Å². The van der Waals surface area contributed by atoms with Gasteiger partial charge in [0.2, 0.25) is 0 Å². The van der Waals surface area contributed by atoms with Crippen LogP contribution >= 0.6 is 11.6 Å². The summed E-state index contributed by atoms with van der Waals surface area (Å²) in [5.74, 6) is -0.484. The molecule has 0 aliphatic carbocycles. The molecule has 17 heavy (non-hydrogen) atoms. The first-order valence-electron chi connectivity index (χ1n) is 5.64. The molecule has 0 saturated carbocycles. The Bertz CT molecular complexity index is 369. The van der Waals surface area contributed by atoms with Gasteiger partial charge < -0.3 is 16.0 Å². The Hall–Kier alpha value is -1.00. The van der Waals surface area contributed by atoms with E-state index < -0.39 is 5.82 Å². The van der Waals surface area contributed by atoms with E-state index in [9.17, 15) is 4.39 Å². The van der Waals surface area contributed by atoms with Gasteiger partial charge in [-0.3, -0.25) is 0 Å². The lowest BCUT2D eigenvalue weighted by Crippen LogP contribution is -2.14. The van der Waals surface area contributed by atoms with E-state index in [1.165, 1.54) is 12.1 Å². The van der Waals surface area contributed by atoms with Gasteiger partial charge in [-0.05, 0) is 39.5 Å². The molecule has 0 unspecified atom stereocenters. The van der Waals surface area contributed by atoms with Gasteiger partial charge in [-0.15, -0.1) is 0 Å². The van der Waals surface area contributed by atoms with Gasteiger partial charge in [0.05, 0.1) is 16.4 Å². The Morgan fingerprint density at radius 3 is 2.71 bits per heavy atom. The topological polar surface area (TPSA) is 41.3 Å². The third kappa shape index (κ3) is 4.79. The first kappa shape index (κ1) is 14.1. The maximum Gasteiger partial charge on any atom is 0.143 e. The molecule has 0 amide bonds. The Balaban J connectivity index is 2.39. The molecule has 3 N–H and O–H groups in total. The number of hydrogen-bond donors (Lipinski definition) is 2. The first-order chi connectivity index (χ1) is 8.00. The van der Waals surface area contributed by atoms with Crippen LogP contribution < -0.4 is 11.1 Å². The molecule has 0 aliphatic heterocycles. The number of nitrogens with two attached hydrogens (primary N) is 1. The number of anilines is 2. The first-order valence-corrected chi connectivity index (χ1v) is 6.01. The molecule has 1 aromatic rings. The highest BCUT2D eigenvalue weighted by molar-refractivity contribution is 6.31. The minimum Gasteiger partial charge on any atom is -0.397 e. The molecule has 0 spiro atoms. The van der Waals surface area contributed by atoms with Crippen molar-refractivity contribution >= 4 is 23.0 Å². The zero-order valence-corrected chi connectivity index (χ0v) is 11.0. The Morgan fingerprint density at radius 1 is 1.35 bits per heavy atom. The van der Waals surface area contributed by atoms with Crippen molar-refractivity contribution in [3.8, 4) is 0 Å². The maximum atomic E-state index is 13.0. The van der Waals surface area contributed by atoms with Crippen LogP contribution in [0.2, 0.25) is 5.02 Å². The monoisotopic (exact) mass is 259 g/mol. The number of nitrogen functional groups attached to an aromatic ring is 1. The molecular weight excluding hydrogens is 241 g/mol. The van der Waals surface area contributed by atoms with Crippen LogP contribution in [0, 0.1) is 5.82 Å². The van der Waals surface area contributed by atoms with Crippen molar-refractivity contribution in [3.05, 3.63) is 23.0 Å². The summed E-state index contributed by atoms with van der Waals surface area (Å²) >= 11 is 5.69. The molecule has 96 valence electrons. The lowest BCUT2D eigenvalue weighted by molar-refractivity contribution is 0.396. The molecule has 0 aliphatic rings. The van der Waals surface area contributed by atoms with Crippen molar-refractivity contribution in [2.45, 2.75) is 12.8 Å². The van der Waals surface area contributed by atoms with Crippen molar-refractivity contribution in [2.24, 2.45) is 0 Å². The second kappa shape index (κ2) is 6.67. The minimum absolute atomic E-state index is 0.0926. The van der Waals surface area contributed by atoms with Gasteiger partial charge >= 0.3 is 0 Å². The van der Waals surface area contributed by atoms with E-state index in [0.717, 1.165) is 25.9 Å². The lowest BCUT2D eigenvalue weighted by atomic mass is 10.2. The van der Waals surface area contributed by atoms with Crippen molar-refractivity contribution in [3.63, 3.8) is 0 Å². The number of halogens is 2. The molecule has 0 bridgehead atoms. The maximum absolute atomic E-state index is 13.0. The number of nitrogens with zero attached hydrogens (tertiary/aromatic N) is 1. The number of nitrogens with one attached hydrogen (secondary N) is 1. The zero-order chi connectivity index (χ0) is 12.8. The van der Waals surface area contributed by atoms with E-state index in [4.69, 9.17) is 17.3 Å². The van der Waals surface area contributed by atoms with Crippen molar-refractivity contribution in [2.75, 3.05) is 38.2 Å². The lowest BCUT2D eigenvalue weighted by Gasteiger charge is -2.12. The van der Waals surface area contributed by atoms with Crippen LogP contribution in [0.3, 0.4) is 0 Å². The normalized spacial score (nSPS) is 10.9. The van der Waals surface area contributed by atoms with Crippen LogP contribution in [0.25, 0.3) is 0 Å². The summed E-state index contributed by atoms with van der Waals surface area (Å²) in [6.45, 7) is 1.86. The third-order valence-corrected chi connectivity index (χ3v) is 2.73. The summed E-state index contributed by atoms with van der Waals surface area (Å²) in [5, 5.41) is 3.25. The zero-order valence-electron chi connectivity index (χ0n) is 10.3. The van der Waals surface area contributed by atoms with Gasteiger partial charge in [0, 0.05) is 12.6 Å². The molecule has 0 heterocycles. The number of unbranched alkanes of at least 4 members (excludes halogenated alkanes) is 1. The van der Waals surface area contributed by atoms with E-state index in [-0.39, 0.29) is 5.02 Å². The number of hydrogen-bond acceptors (Lipinski definition) is 3. The van der Waals surface area contributed by atoms with Crippen LogP contribution in [0.4, 0.5) is 15.8 Å². The molecule has 3 nitrogen and oxygen atoms in total. The summed E-state index contributed by atoms with van der Waals surface area (Å²) in [7, 11) is 4.09. The number of benzene rings is 1. The Kier molecular flexibility index (Phi) is 5.51. The Morgan fingerprint density at radius 2 is 2.06 bits per heavy atom. The summed E-state index contributed by atoms with van der Waals surface area (Å²) in [4.78, 5) is 2.14. The highest BCUT2D eigenvalue weighted by Gasteiger charge is 2.05. The molecule has 0 saturated heterocycles. The van der Waals surface area contributed by atoms with Gasteiger partial charge in [-0.2, -0.15) is 0 Å². The van der Waals surface area contributed by atoms with Gasteiger partial charge in [0.25, 0.3) is 0 Å². The van der Waals surface area contributed by atoms with Crippen LogP contribution in [0.15, 0.2) is 12.1 Å². The summed E-state index contributed by atoms with van der Waals surface area (Å²) in [5.41, 5.74) is 6.77. The van der Waals surface area contributed by atoms with Crippen LogP contribution in [-0.2, 0) is 0 Å². The van der Waals surface area contributed by atoms with E-state index in [0.29, 0.717) is 11.4 Å². The van der Waals surface area contributed by atoms with Crippen LogP contribution in [0.1, 0.15) is 12.8 Å². The van der Waals surface area contributed by atoms with Crippen molar-refractivity contribution < 1.29 is 4.39 Å².